The van der Waals surface area contributed by atoms with Crippen molar-refractivity contribution in [1.82, 2.24) is 4.72 Å². The maximum atomic E-state index is 13.6. The van der Waals surface area contributed by atoms with Crippen LogP contribution < -0.4 is 10.5 Å². The minimum Gasteiger partial charge on any atom is -0.399 e. The minimum absolute atomic E-state index is 0.122. The van der Waals surface area contributed by atoms with Crippen molar-refractivity contribution in [2.75, 3.05) is 5.73 Å². The van der Waals surface area contributed by atoms with E-state index in [4.69, 9.17) is 5.73 Å². The monoisotopic (exact) mass is 290 g/mol. The van der Waals surface area contributed by atoms with Crippen LogP contribution in [0.25, 0.3) is 0 Å². The van der Waals surface area contributed by atoms with E-state index in [0.29, 0.717) is 12.8 Å². The number of sulfonamides is 1. The molecule has 0 spiro atoms. The Morgan fingerprint density at radius 3 is 2.42 bits per heavy atom. The van der Waals surface area contributed by atoms with Crippen molar-refractivity contribution in [3.63, 3.8) is 0 Å². The molecule has 19 heavy (non-hydrogen) atoms. The van der Waals surface area contributed by atoms with Crippen LogP contribution in [0.15, 0.2) is 17.0 Å². The largest absolute Gasteiger partial charge is 0.399 e. The van der Waals surface area contributed by atoms with Crippen molar-refractivity contribution >= 4 is 15.7 Å². The highest BCUT2D eigenvalue weighted by molar-refractivity contribution is 7.89. The number of nitrogen functional groups attached to an aromatic ring is 1. The molecular weight excluding hydrogens is 274 g/mol. The predicted octanol–water partition coefficient (Wildman–Crippen LogP) is 2.16. The molecule has 7 heteroatoms. The molecule has 0 amide bonds. The molecule has 1 aliphatic carbocycles. The molecule has 1 aliphatic rings. The summed E-state index contributed by atoms with van der Waals surface area (Å²) in [4.78, 5) is -0.726. The SMILES string of the molecule is Nc1cc(F)c(F)c(S(=O)(=O)NC2CCCCC2)c1. The summed E-state index contributed by atoms with van der Waals surface area (Å²) in [6, 6.07) is 1.47. The zero-order valence-electron chi connectivity index (χ0n) is 10.3. The van der Waals surface area contributed by atoms with Gasteiger partial charge in [-0.25, -0.2) is 21.9 Å². The molecule has 0 atom stereocenters. The molecule has 0 radical (unpaired) electrons. The summed E-state index contributed by atoms with van der Waals surface area (Å²) < 4.78 is 53.3. The first-order valence-electron chi connectivity index (χ1n) is 6.17. The summed E-state index contributed by atoms with van der Waals surface area (Å²) in [6.07, 6.45) is 4.36. The molecule has 1 saturated carbocycles. The van der Waals surface area contributed by atoms with Crippen LogP contribution in [-0.2, 0) is 10.0 Å². The molecule has 1 aromatic rings. The van der Waals surface area contributed by atoms with E-state index < -0.39 is 26.6 Å². The van der Waals surface area contributed by atoms with Gasteiger partial charge >= 0.3 is 0 Å². The zero-order valence-corrected chi connectivity index (χ0v) is 11.1. The molecule has 0 aliphatic heterocycles. The van der Waals surface area contributed by atoms with Gasteiger partial charge in [0.1, 0.15) is 4.90 Å². The Balaban J connectivity index is 2.28. The highest BCUT2D eigenvalue weighted by Crippen LogP contribution is 2.24. The van der Waals surface area contributed by atoms with E-state index in [0.717, 1.165) is 31.4 Å². The van der Waals surface area contributed by atoms with Crippen LogP contribution in [0.5, 0.6) is 0 Å². The Morgan fingerprint density at radius 2 is 1.79 bits per heavy atom. The van der Waals surface area contributed by atoms with Crippen LogP contribution in [-0.4, -0.2) is 14.5 Å². The average molecular weight is 290 g/mol. The van der Waals surface area contributed by atoms with Gasteiger partial charge in [-0.15, -0.1) is 0 Å². The fourth-order valence-electron chi connectivity index (χ4n) is 2.28. The molecular formula is C12H16F2N2O2S. The van der Waals surface area contributed by atoms with E-state index in [9.17, 15) is 17.2 Å². The lowest BCUT2D eigenvalue weighted by Gasteiger charge is -2.22. The normalized spacial score (nSPS) is 17.6. The number of hydrogen-bond acceptors (Lipinski definition) is 3. The van der Waals surface area contributed by atoms with E-state index in [1.165, 1.54) is 0 Å². The standard InChI is InChI=1S/C12H16F2N2O2S/c13-10-6-8(15)7-11(12(10)14)19(17,18)16-9-4-2-1-3-5-9/h6-7,9,16H,1-5,15H2. The van der Waals surface area contributed by atoms with Gasteiger partial charge in [0, 0.05) is 11.7 Å². The predicted molar refractivity (Wildman–Crippen MR) is 68.0 cm³/mol. The van der Waals surface area contributed by atoms with Crippen molar-refractivity contribution in [3.05, 3.63) is 23.8 Å². The van der Waals surface area contributed by atoms with Gasteiger partial charge in [0.15, 0.2) is 11.6 Å². The highest BCUT2D eigenvalue weighted by atomic mass is 32.2. The van der Waals surface area contributed by atoms with E-state index >= 15 is 0 Å². The second-order valence-electron chi connectivity index (χ2n) is 4.77. The van der Waals surface area contributed by atoms with Crippen molar-refractivity contribution in [2.24, 2.45) is 0 Å². The quantitative estimate of drug-likeness (QED) is 0.838. The van der Waals surface area contributed by atoms with Gasteiger partial charge in [-0.3, -0.25) is 0 Å². The lowest BCUT2D eigenvalue weighted by molar-refractivity contribution is 0.410. The van der Waals surface area contributed by atoms with Gasteiger partial charge in [-0.1, -0.05) is 19.3 Å². The number of rotatable bonds is 3. The van der Waals surface area contributed by atoms with E-state index in [2.05, 4.69) is 4.72 Å². The summed E-state index contributed by atoms with van der Waals surface area (Å²) in [5, 5.41) is 0. The molecule has 1 fully saturated rings. The molecule has 0 unspecified atom stereocenters. The second-order valence-corrected chi connectivity index (χ2v) is 6.45. The first-order chi connectivity index (χ1) is 8.90. The van der Waals surface area contributed by atoms with E-state index in [-0.39, 0.29) is 11.7 Å². The molecule has 0 heterocycles. The average Bonchev–Trinajstić information content (AvgIpc) is 2.34. The van der Waals surface area contributed by atoms with Crippen molar-refractivity contribution in [1.29, 1.82) is 0 Å². The molecule has 2 rings (SSSR count). The Morgan fingerprint density at radius 1 is 1.16 bits per heavy atom. The summed E-state index contributed by atoms with van der Waals surface area (Å²) in [7, 11) is -4.08. The number of hydrogen-bond donors (Lipinski definition) is 2. The van der Waals surface area contributed by atoms with Gasteiger partial charge < -0.3 is 5.73 Å². The van der Waals surface area contributed by atoms with E-state index in [1.807, 2.05) is 0 Å². The van der Waals surface area contributed by atoms with Gasteiger partial charge in [0.05, 0.1) is 0 Å². The van der Waals surface area contributed by atoms with Crippen LogP contribution in [0.4, 0.5) is 14.5 Å². The molecule has 1 aromatic carbocycles. The van der Waals surface area contributed by atoms with Gasteiger partial charge in [0.25, 0.3) is 0 Å². The third-order valence-electron chi connectivity index (χ3n) is 3.23. The van der Waals surface area contributed by atoms with E-state index in [1.54, 1.807) is 0 Å². The molecule has 106 valence electrons. The fraction of sp³-hybridized carbons (Fsp3) is 0.500. The number of anilines is 1. The third-order valence-corrected chi connectivity index (χ3v) is 4.75. The molecule has 0 bridgehead atoms. The van der Waals surface area contributed by atoms with Crippen LogP contribution in [0.3, 0.4) is 0 Å². The van der Waals surface area contributed by atoms with Crippen LogP contribution in [0, 0.1) is 11.6 Å². The lowest BCUT2D eigenvalue weighted by Crippen LogP contribution is -2.36. The van der Waals surface area contributed by atoms with Crippen molar-refractivity contribution in [2.45, 2.75) is 43.0 Å². The number of nitrogens with two attached hydrogens (primary N) is 1. The highest BCUT2D eigenvalue weighted by Gasteiger charge is 2.26. The van der Waals surface area contributed by atoms with Gasteiger partial charge in [0.2, 0.25) is 10.0 Å². The van der Waals surface area contributed by atoms with Crippen molar-refractivity contribution < 1.29 is 17.2 Å². The topological polar surface area (TPSA) is 72.2 Å². The molecule has 0 aromatic heterocycles. The number of halogens is 2. The van der Waals surface area contributed by atoms with Crippen LogP contribution in [0.2, 0.25) is 0 Å². The maximum Gasteiger partial charge on any atom is 0.243 e. The Labute approximate surface area is 111 Å². The number of nitrogens with one attached hydrogen (secondary N) is 1. The molecule has 3 N–H and O–H groups in total. The van der Waals surface area contributed by atoms with Gasteiger partial charge in [-0.2, -0.15) is 0 Å². The molecule has 0 saturated heterocycles. The van der Waals surface area contributed by atoms with Crippen LogP contribution in [0.1, 0.15) is 32.1 Å². The Kier molecular flexibility index (Phi) is 4.05. The first kappa shape index (κ1) is 14.2. The Hall–Kier alpha value is -1.21. The summed E-state index contributed by atoms with van der Waals surface area (Å²) >= 11 is 0. The molecule has 4 nitrogen and oxygen atoms in total. The summed E-state index contributed by atoms with van der Waals surface area (Å²) in [6.45, 7) is 0. The summed E-state index contributed by atoms with van der Waals surface area (Å²) in [5.74, 6) is -2.65. The third kappa shape index (κ3) is 3.22. The van der Waals surface area contributed by atoms with Crippen molar-refractivity contribution in [3.8, 4) is 0 Å². The Bertz CT molecular complexity index is 569. The van der Waals surface area contributed by atoms with Crippen LogP contribution >= 0.6 is 0 Å². The zero-order chi connectivity index (χ0) is 14.0. The maximum absolute atomic E-state index is 13.6. The minimum atomic E-state index is -4.08. The smallest absolute Gasteiger partial charge is 0.243 e. The fourth-order valence-corrected chi connectivity index (χ4v) is 3.71. The first-order valence-corrected chi connectivity index (χ1v) is 7.65. The van der Waals surface area contributed by atoms with Gasteiger partial charge in [-0.05, 0) is 25.0 Å². The summed E-state index contributed by atoms with van der Waals surface area (Å²) in [5.41, 5.74) is 5.24. The second kappa shape index (κ2) is 5.42. The number of benzene rings is 1. The lowest BCUT2D eigenvalue weighted by atomic mass is 9.96.